The van der Waals surface area contributed by atoms with Gasteiger partial charge in [0.25, 0.3) is 0 Å². The van der Waals surface area contributed by atoms with E-state index in [0.717, 1.165) is 43.9 Å². The van der Waals surface area contributed by atoms with E-state index in [-0.39, 0.29) is 6.10 Å². The predicted molar refractivity (Wildman–Crippen MR) is 84.7 cm³/mol. The van der Waals surface area contributed by atoms with Gasteiger partial charge in [0.05, 0.1) is 12.7 Å². The van der Waals surface area contributed by atoms with Crippen LogP contribution in [-0.4, -0.2) is 25.3 Å². The van der Waals surface area contributed by atoms with Crippen LogP contribution in [0.4, 0.5) is 0 Å². The molecule has 0 aromatic heterocycles. The molecule has 3 nitrogen and oxygen atoms in total. The maximum atomic E-state index is 6.03. The van der Waals surface area contributed by atoms with Gasteiger partial charge in [0.15, 0.2) is 11.5 Å². The van der Waals surface area contributed by atoms with Crippen molar-refractivity contribution in [2.45, 2.75) is 59.1 Å². The number of nitrogens with one attached hydrogen (secondary N) is 1. The van der Waals surface area contributed by atoms with Crippen molar-refractivity contribution in [1.82, 2.24) is 5.32 Å². The van der Waals surface area contributed by atoms with Crippen molar-refractivity contribution < 1.29 is 9.47 Å². The van der Waals surface area contributed by atoms with E-state index in [1.807, 2.05) is 24.3 Å². The second-order valence-corrected chi connectivity index (χ2v) is 5.31. The minimum atomic E-state index is 0.167. The number of hydrogen-bond acceptors (Lipinski definition) is 3. The van der Waals surface area contributed by atoms with E-state index >= 15 is 0 Å². The second kappa shape index (κ2) is 9.65. The maximum Gasteiger partial charge on any atom is 0.161 e. The quantitative estimate of drug-likeness (QED) is 0.701. The highest BCUT2D eigenvalue weighted by Crippen LogP contribution is 2.28. The van der Waals surface area contributed by atoms with Gasteiger partial charge in [-0.3, -0.25) is 0 Å². The summed E-state index contributed by atoms with van der Waals surface area (Å²) in [5.41, 5.74) is 0. The lowest BCUT2D eigenvalue weighted by Gasteiger charge is -2.21. The summed E-state index contributed by atoms with van der Waals surface area (Å²) < 4.78 is 11.7. The van der Waals surface area contributed by atoms with Gasteiger partial charge in [-0.25, -0.2) is 0 Å². The Morgan fingerprint density at radius 1 is 1.05 bits per heavy atom. The molecule has 0 saturated carbocycles. The second-order valence-electron chi connectivity index (χ2n) is 5.31. The average Bonchev–Trinajstić information content (AvgIpc) is 2.44. The zero-order valence-electron chi connectivity index (χ0n) is 13.3. The Morgan fingerprint density at radius 3 is 2.40 bits per heavy atom. The van der Waals surface area contributed by atoms with Crippen LogP contribution in [0.15, 0.2) is 24.3 Å². The molecule has 0 radical (unpaired) electrons. The summed E-state index contributed by atoms with van der Waals surface area (Å²) >= 11 is 0. The van der Waals surface area contributed by atoms with Gasteiger partial charge in [-0.1, -0.05) is 26.0 Å². The Hall–Kier alpha value is -1.22. The van der Waals surface area contributed by atoms with Gasteiger partial charge in [0, 0.05) is 6.04 Å². The van der Waals surface area contributed by atoms with E-state index in [0.29, 0.717) is 6.04 Å². The lowest BCUT2D eigenvalue weighted by Crippen LogP contribution is -2.31. The summed E-state index contributed by atoms with van der Waals surface area (Å²) in [5, 5.41) is 3.49. The standard InChI is InChI=1S/C17H29NO2/c1-5-11-18-14(3)13-15(4)20-17-10-8-7-9-16(17)19-12-6-2/h7-10,14-15,18H,5-6,11-13H2,1-4H3. The van der Waals surface area contributed by atoms with E-state index in [1.165, 1.54) is 0 Å². The van der Waals surface area contributed by atoms with Gasteiger partial charge in [0.2, 0.25) is 0 Å². The SMILES string of the molecule is CCCNC(C)CC(C)Oc1ccccc1OCCC. The third kappa shape index (κ3) is 6.29. The fourth-order valence-corrected chi connectivity index (χ4v) is 2.12. The maximum absolute atomic E-state index is 6.03. The molecular formula is C17H29NO2. The molecule has 0 fully saturated rings. The molecule has 0 bridgehead atoms. The third-order valence-electron chi connectivity index (χ3n) is 3.07. The molecule has 0 aliphatic heterocycles. The topological polar surface area (TPSA) is 30.5 Å². The summed E-state index contributed by atoms with van der Waals surface area (Å²) in [6.45, 7) is 10.4. The molecule has 3 heteroatoms. The number of ether oxygens (including phenoxy) is 2. The molecule has 0 amide bonds. The van der Waals surface area contributed by atoms with Crippen LogP contribution in [-0.2, 0) is 0 Å². The molecule has 1 N–H and O–H groups in total. The minimum absolute atomic E-state index is 0.167. The molecule has 20 heavy (non-hydrogen) atoms. The Morgan fingerprint density at radius 2 is 1.75 bits per heavy atom. The van der Waals surface area contributed by atoms with Crippen LogP contribution in [0.1, 0.15) is 47.0 Å². The highest BCUT2D eigenvalue weighted by atomic mass is 16.5. The third-order valence-corrected chi connectivity index (χ3v) is 3.07. The highest BCUT2D eigenvalue weighted by molar-refractivity contribution is 5.39. The van der Waals surface area contributed by atoms with Gasteiger partial charge in [-0.15, -0.1) is 0 Å². The zero-order chi connectivity index (χ0) is 14.8. The largest absolute Gasteiger partial charge is 0.490 e. The Bertz CT molecular complexity index is 368. The Labute approximate surface area is 123 Å². The van der Waals surface area contributed by atoms with E-state index in [1.54, 1.807) is 0 Å². The van der Waals surface area contributed by atoms with E-state index in [2.05, 4.69) is 33.0 Å². The van der Waals surface area contributed by atoms with Crippen LogP contribution >= 0.6 is 0 Å². The molecule has 0 spiro atoms. The molecule has 2 unspecified atom stereocenters. The normalized spacial score (nSPS) is 13.8. The molecule has 114 valence electrons. The van der Waals surface area contributed by atoms with E-state index < -0.39 is 0 Å². The van der Waals surface area contributed by atoms with Crippen LogP contribution in [0.5, 0.6) is 11.5 Å². The summed E-state index contributed by atoms with van der Waals surface area (Å²) in [6, 6.07) is 8.38. The highest BCUT2D eigenvalue weighted by Gasteiger charge is 2.12. The Kier molecular flexibility index (Phi) is 8.12. The predicted octanol–water partition coefficient (Wildman–Crippen LogP) is 4.02. The monoisotopic (exact) mass is 279 g/mol. The Balaban J connectivity index is 2.50. The molecule has 1 aromatic carbocycles. The molecule has 0 aliphatic carbocycles. The average molecular weight is 279 g/mol. The fraction of sp³-hybridized carbons (Fsp3) is 0.647. The van der Waals surface area contributed by atoms with Crippen LogP contribution in [0.25, 0.3) is 0 Å². The molecule has 1 aromatic rings. The lowest BCUT2D eigenvalue weighted by atomic mass is 10.1. The van der Waals surface area contributed by atoms with Crippen molar-refractivity contribution in [3.05, 3.63) is 24.3 Å². The molecule has 1 rings (SSSR count). The van der Waals surface area contributed by atoms with Crippen LogP contribution < -0.4 is 14.8 Å². The first kappa shape index (κ1) is 16.8. The molecule has 0 heterocycles. The van der Waals surface area contributed by atoms with Crippen molar-refractivity contribution in [2.75, 3.05) is 13.2 Å². The van der Waals surface area contributed by atoms with Gasteiger partial charge in [-0.2, -0.15) is 0 Å². The molecule has 0 aliphatic rings. The molecular weight excluding hydrogens is 250 g/mol. The minimum Gasteiger partial charge on any atom is -0.490 e. The first-order chi connectivity index (χ1) is 9.67. The van der Waals surface area contributed by atoms with Crippen molar-refractivity contribution in [3.8, 4) is 11.5 Å². The smallest absolute Gasteiger partial charge is 0.161 e. The van der Waals surface area contributed by atoms with Crippen molar-refractivity contribution in [2.24, 2.45) is 0 Å². The number of hydrogen-bond donors (Lipinski definition) is 1. The summed E-state index contributed by atoms with van der Waals surface area (Å²) in [6.07, 6.45) is 3.32. The van der Waals surface area contributed by atoms with Crippen LogP contribution in [0.2, 0.25) is 0 Å². The number of para-hydroxylation sites is 2. The first-order valence-corrected chi connectivity index (χ1v) is 7.79. The summed E-state index contributed by atoms with van der Waals surface area (Å²) in [5.74, 6) is 1.69. The lowest BCUT2D eigenvalue weighted by molar-refractivity contribution is 0.184. The van der Waals surface area contributed by atoms with Crippen molar-refractivity contribution >= 4 is 0 Å². The van der Waals surface area contributed by atoms with E-state index in [4.69, 9.17) is 9.47 Å². The summed E-state index contributed by atoms with van der Waals surface area (Å²) in [7, 11) is 0. The van der Waals surface area contributed by atoms with Gasteiger partial charge in [0.1, 0.15) is 0 Å². The number of benzene rings is 1. The van der Waals surface area contributed by atoms with Crippen LogP contribution in [0.3, 0.4) is 0 Å². The number of rotatable bonds is 10. The van der Waals surface area contributed by atoms with Gasteiger partial charge >= 0.3 is 0 Å². The molecule has 2 atom stereocenters. The first-order valence-electron chi connectivity index (χ1n) is 7.79. The summed E-state index contributed by atoms with van der Waals surface area (Å²) in [4.78, 5) is 0. The van der Waals surface area contributed by atoms with E-state index in [9.17, 15) is 0 Å². The van der Waals surface area contributed by atoms with Crippen molar-refractivity contribution in [3.63, 3.8) is 0 Å². The zero-order valence-corrected chi connectivity index (χ0v) is 13.3. The molecule has 0 saturated heterocycles. The van der Waals surface area contributed by atoms with Crippen molar-refractivity contribution in [1.29, 1.82) is 0 Å². The van der Waals surface area contributed by atoms with Gasteiger partial charge in [-0.05, 0) is 51.8 Å². The van der Waals surface area contributed by atoms with Crippen LogP contribution in [0, 0.1) is 0 Å². The fourth-order valence-electron chi connectivity index (χ4n) is 2.12. The van der Waals surface area contributed by atoms with Gasteiger partial charge < -0.3 is 14.8 Å².